The van der Waals surface area contributed by atoms with Gasteiger partial charge in [-0.25, -0.2) is 4.79 Å². The standard InChI is InChI=1S/C22H23N5O5/c23-19(28)10-4-3-8-17(26-22(31)32)20(29)25-18-9-5-11-27(21(18)30)13-15-12-14-6-1-2-7-16(14)24-15/h1-2,4-7,9-12,17,24,26H,3,8,13H2,(H2,23,28)(H,25,29)(H,31,32)/b10-4+. The zero-order valence-electron chi connectivity index (χ0n) is 17.1. The van der Waals surface area contributed by atoms with Gasteiger partial charge in [0.25, 0.3) is 5.56 Å². The molecular weight excluding hydrogens is 414 g/mol. The number of para-hydroxylation sites is 1. The Morgan fingerprint density at radius 2 is 1.97 bits per heavy atom. The van der Waals surface area contributed by atoms with Crippen molar-refractivity contribution in [1.82, 2.24) is 14.9 Å². The van der Waals surface area contributed by atoms with Crippen LogP contribution >= 0.6 is 0 Å². The number of carbonyl (C=O) groups is 3. The molecule has 10 nitrogen and oxygen atoms in total. The molecule has 10 heteroatoms. The van der Waals surface area contributed by atoms with Crippen molar-refractivity contribution in [1.29, 1.82) is 0 Å². The number of allylic oxidation sites excluding steroid dienone is 1. The quantitative estimate of drug-likeness (QED) is 0.322. The minimum absolute atomic E-state index is 0.0264. The van der Waals surface area contributed by atoms with E-state index in [4.69, 9.17) is 10.8 Å². The monoisotopic (exact) mass is 437 g/mol. The Kier molecular flexibility index (Phi) is 7.06. The molecule has 0 aliphatic carbocycles. The molecule has 1 unspecified atom stereocenters. The number of rotatable bonds is 9. The number of aromatic nitrogens is 2. The van der Waals surface area contributed by atoms with Gasteiger partial charge < -0.3 is 31.0 Å². The van der Waals surface area contributed by atoms with Crippen molar-refractivity contribution in [2.75, 3.05) is 5.32 Å². The van der Waals surface area contributed by atoms with E-state index in [1.54, 1.807) is 12.3 Å². The summed E-state index contributed by atoms with van der Waals surface area (Å²) in [4.78, 5) is 50.5. The number of hydrogen-bond acceptors (Lipinski definition) is 4. The molecule has 2 heterocycles. The highest BCUT2D eigenvalue weighted by Gasteiger charge is 2.21. The molecule has 1 atom stereocenters. The molecule has 2 aromatic heterocycles. The van der Waals surface area contributed by atoms with Gasteiger partial charge in [0, 0.05) is 17.4 Å². The number of nitrogens with one attached hydrogen (secondary N) is 3. The van der Waals surface area contributed by atoms with Gasteiger partial charge in [0.15, 0.2) is 0 Å². The summed E-state index contributed by atoms with van der Waals surface area (Å²) in [5.41, 5.74) is 6.38. The first-order valence-electron chi connectivity index (χ1n) is 9.86. The Labute approximate surface area is 182 Å². The van der Waals surface area contributed by atoms with Crippen LogP contribution in [0.1, 0.15) is 18.5 Å². The van der Waals surface area contributed by atoms with Gasteiger partial charge in [-0.2, -0.15) is 0 Å². The lowest BCUT2D eigenvalue weighted by molar-refractivity contribution is -0.118. The smallest absolute Gasteiger partial charge is 0.405 e. The molecule has 3 aromatic rings. The first-order chi connectivity index (χ1) is 15.3. The number of anilines is 1. The Hall–Kier alpha value is -4.34. The minimum Gasteiger partial charge on any atom is -0.465 e. The molecule has 0 spiro atoms. The summed E-state index contributed by atoms with van der Waals surface area (Å²) in [5.74, 6) is -1.32. The zero-order chi connectivity index (χ0) is 23.1. The maximum atomic E-state index is 12.8. The van der Waals surface area contributed by atoms with Crippen LogP contribution in [0.2, 0.25) is 0 Å². The van der Waals surface area contributed by atoms with E-state index in [1.165, 1.54) is 16.7 Å². The van der Waals surface area contributed by atoms with Gasteiger partial charge in [-0.1, -0.05) is 24.3 Å². The maximum Gasteiger partial charge on any atom is 0.405 e. The topological polar surface area (TPSA) is 159 Å². The van der Waals surface area contributed by atoms with Crippen molar-refractivity contribution in [3.63, 3.8) is 0 Å². The Morgan fingerprint density at radius 3 is 2.69 bits per heavy atom. The number of amides is 3. The van der Waals surface area contributed by atoms with Crippen molar-refractivity contribution in [2.45, 2.75) is 25.4 Å². The predicted octanol–water partition coefficient (Wildman–Crippen LogP) is 1.77. The van der Waals surface area contributed by atoms with Crippen molar-refractivity contribution in [2.24, 2.45) is 5.73 Å². The molecule has 0 bridgehead atoms. The number of nitrogens with zero attached hydrogens (tertiary/aromatic N) is 1. The largest absolute Gasteiger partial charge is 0.465 e. The van der Waals surface area contributed by atoms with Crippen molar-refractivity contribution < 1.29 is 19.5 Å². The molecule has 6 N–H and O–H groups in total. The second kappa shape index (κ2) is 10.1. The van der Waals surface area contributed by atoms with Gasteiger partial charge in [0.1, 0.15) is 11.7 Å². The molecule has 3 rings (SSSR count). The highest BCUT2D eigenvalue weighted by atomic mass is 16.4. The summed E-state index contributed by atoms with van der Waals surface area (Å²) < 4.78 is 1.44. The van der Waals surface area contributed by atoms with Gasteiger partial charge in [-0.15, -0.1) is 0 Å². The number of aromatic amines is 1. The van der Waals surface area contributed by atoms with E-state index in [2.05, 4.69) is 15.6 Å². The van der Waals surface area contributed by atoms with Crippen LogP contribution in [-0.4, -0.2) is 38.6 Å². The van der Waals surface area contributed by atoms with Crippen LogP contribution in [0.3, 0.4) is 0 Å². The summed E-state index contributed by atoms with van der Waals surface area (Å²) in [7, 11) is 0. The van der Waals surface area contributed by atoms with E-state index in [9.17, 15) is 19.2 Å². The van der Waals surface area contributed by atoms with E-state index in [0.717, 1.165) is 22.7 Å². The number of carbonyl (C=O) groups excluding carboxylic acids is 2. The Bertz CT molecular complexity index is 1190. The second-order valence-corrected chi connectivity index (χ2v) is 7.11. The Morgan fingerprint density at radius 1 is 1.19 bits per heavy atom. The fourth-order valence-electron chi connectivity index (χ4n) is 3.26. The summed E-state index contributed by atoms with van der Waals surface area (Å²) in [6.07, 6.45) is 3.12. The van der Waals surface area contributed by atoms with Crippen LogP contribution in [0.15, 0.2) is 65.6 Å². The van der Waals surface area contributed by atoms with E-state index >= 15 is 0 Å². The predicted molar refractivity (Wildman–Crippen MR) is 119 cm³/mol. The van der Waals surface area contributed by atoms with Crippen LogP contribution in [-0.2, 0) is 16.1 Å². The van der Waals surface area contributed by atoms with Crippen LogP contribution < -0.4 is 21.9 Å². The SMILES string of the molecule is NC(=O)/C=C/CCC(NC(=O)O)C(=O)Nc1cccn(Cc2cc3ccccc3[nH]2)c1=O. The van der Waals surface area contributed by atoms with Crippen molar-refractivity contribution >= 4 is 34.5 Å². The maximum absolute atomic E-state index is 12.8. The summed E-state index contributed by atoms with van der Waals surface area (Å²) in [6.45, 7) is 0.270. The summed E-state index contributed by atoms with van der Waals surface area (Å²) in [5, 5.41) is 14.6. The minimum atomic E-state index is -1.38. The van der Waals surface area contributed by atoms with Crippen LogP contribution in [0.5, 0.6) is 0 Å². The molecule has 0 aliphatic rings. The number of primary amides is 1. The molecule has 0 saturated carbocycles. The van der Waals surface area contributed by atoms with Gasteiger partial charge in [0.05, 0.1) is 6.54 Å². The fraction of sp³-hybridized carbons (Fsp3) is 0.182. The third kappa shape index (κ3) is 5.85. The van der Waals surface area contributed by atoms with E-state index < -0.39 is 29.5 Å². The second-order valence-electron chi connectivity index (χ2n) is 7.11. The first kappa shape index (κ1) is 22.3. The average molecular weight is 437 g/mol. The van der Waals surface area contributed by atoms with Crippen molar-refractivity contribution in [3.05, 3.63) is 76.9 Å². The number of pyridine rings is 1. The molecule has 0 radical (unpaired) electrons. The molecular formula is C22H23N5O5. The number of carboxylic acid groups (broad SMARTS) is 1. The van der Waals surface area contributed by atoms with E-state index in [1.807, 2.05) is 30.3 Å². The lowest BCUT2D eigenvalue weighted by atomic mass is 10.1. The number of benzene rings is 1. The summed E-state index contributed by atoms with van der Waals surface area (Å²) >= 11 is 0. The molecule has 0 fully saturated rings. The Balaban J connectivity index is 1.73. The van der Waals surface area contributed by atoms with Gasteiger partial charge in [-0.3, -0.25) is 14.4 Å². The van der Waals surface area contributed by atoms with E-state index in [-0.39, 0.29) is 25.1 Å². The van der Waals surface area contributed by atoms with Gasteiger partial charge in [0.2, 0.25) is 11.8 Å². The van der Waals surface area contributed by atoms with Crippen molar-refractivity contribution in [3.8, 4) is 0 Å². The molecule has 0 saturated heterocycles. The van der Waals surface area contributed by atoms with Crippen LogP contribution in [0, 0.1) is 0 Å². The van der Waals surface area contributed by atoms with E-state index in [0.29, 0.717) is 0 Å². The fourth-order valence-corrected chi connectivity index (χ4v) is 3.26. The molecule has 3 amide bonds. The molecule has 0 aliphatic heterocycles. The van der Waals surface area contributed by atoms with Gasteiger partial charge >= 0.3 is 6.09 Å². The third-order valence-corrected chi connectivity index (χ3v) is 4.72. The van der Waals surface area contributed by atoms with Crippen LogP contribution in [0.4, 0.5) is 10.5 Å². The highest BCUT2D eigenvalue weighted by molar-refractivity contribution is 5.96. The number of nitrogens with two attached hydrogens (primary N) is 1. The molecule has 166 valence electrons. The number of H-pyrrole nitrogens is 1. The molecule has 32 heavy (non-hydrogen) atoms. The first-order valence-corrected chi connectivity index (χ1v) is 9.86. The number of fused-ring (bicyclic) bond motifs is 1. The highest BCUT2D eigenvalue weighted by Crippen LogP contribution is 2.15. The average Bonchev–Trinajstić information content (AvgIpc) is 3.15. The normalized spacial score (nSPS) is 12.0. The van der Waals surface area contributed by atoms with Gasteiger partial charge in [-0.05, 0) is 48.6 Å². The third-order valence-electron chi connectivity index (χ3n) is 4.72. The number of hydrogen-bond donors (Lipinski definition) is 5. The zero-order valence-corrected chi connectivity index (χ0v) is 17.1. The lowest BCUT2D eigenvalue weighted by Crippen LogP contribution is -2.44. The molecule has 1 aromatic carbocycles. The van der Waals surface area contributed by atoms with Crippen LogP contribution in [0.25, 0.3) is 10.9 Å². The summed E-state index contributed by atoms with van der Waals surface area (Å²) in [6, 6.07) is 11.6. The lowest BCUT2D eigenvalue weighted by Gasteiger charge is -2.16.